The van der Waals surface area contributed by atoms with Crippen LogP contribution < -0.4 is 10.6 Å². The minimum atomic E-state index is -1.02. The van der Waals surface area contributed by atoms with Gasteiger partial charge in [-0.15, -0.1) is 0 Å². The van der Waals surface area contributed by atoms with E-state index in [1.165, 1.54) is 0 Å². The minimum absolute atomic E-state index is 0.0313. The van der Waals surface area contributed by atoms with Crippen LogP contribution in [0.2, 0.25) is 0 Å². The molecular formula is C34H47N5O9. The summed E-state index contributed by atoms with van der Waals surface area (Å²) in [5, 5.41) is 8.75. The number of hydrogen-bond donors (Lipinski definition) is 2. The number of hydrogen-bond acceptors (Lipinski definition) is 10. The molecule has 2 aromatic rings. The largest absolute Gasteiger partial charge is 0.460 e. The molecule has 1 atom stereocenters. The molecule has 0 saturated heterocycles. The summed E-state index contributed by atoms with van der Waals surface area (Å²) in [6.45, 7) is 8.70. The summed E-state index contributed by atoms with van der Waals surface area (Å²) < 4.78 is 32.6. The van der Waals surface area contributed by atoms with E-state index in [9.17, 15) is 14.4 Å². The molecular weight excluding hydrogens is 622 g/mol. The summed E-state index contributed by atoms with van der Waals surface area (Å²) in [4.78, 5) is 41.0. The Morgan fingerprint density at radius 2 is 1.38 bits per heavy atom. The molecule has 0 unspecified atom stereocenters. The summed E-state index contributed by atoms with van der Waals surface area (Å²) in [5.41, 5.74) is 11.9. The molecule has 0 spiro atoms. The summed E-state index contributed by atoms with van der Waals surface area (Å²) in [6.07, 6.45) is -0.790. The second-order valence-corrected chi connectivity index (χ2v) is 11.8. The molecule has 3 rings (SSSR count). The zero-order valence-electron chi connectivity index (χ0n) is 28.0. The zero-order chi connectivity index (χ0) is 34.6. The predicted octanol–water partition coefficient (Wildman–Crippen LogP) is 4.51. The molecule has 2 aromatic carbocycles. The fraction of sp³-hybridized carbons (Fsp3) is 0.559. The van der Waals surface area contributed by atoms with Gasteiger partial charge >= 0.3 is 12.1 Å². The van der Waals surface area contributed by atoms with Crippen LogP contribution in [-0.2, 0) is 38.0 Å². The van der Waals surface area contributed by atoms with Gasteiger partial charge in [-0.2, -0.15) is 0 Å². The molecule has 14 heteroatoms. The smallest absolute Gasteiger partial charge is 0.407 e. The van der Waals surface area contributed by atoms with E-state index >= 15 is 0 Å². The van der Waals surface area contributed by atoms with Crippen molar-refractivity contribution in [3.05, 3.63) is 70.1 Å². The predicted molar refractivity (Wildman–Crippen MR) is 177 cm³/mol. The number of alkyl carbamates (subject to hydrolysis) is 1. The highest BCUT2D eigenvalue weighted by Crippen LogP contribution is 2.44. The first-order chi connectivity index (χ1) is 23.2. The van der Waals surface area contributed by atoms with Crippen molar-refractivity contribution in [2.75, 3.05) is 72.6 Å². The van der Waals surface area contributed by atoms with Crippen LogP contribution in [0.3, 0.4) is 0 Å². The zero-order valence-corrected chi connectivity index (χ0v) is 28.0. The van der Waals surface area contributed by atoms with Gasteiger partial charge in [0, 0.05) is 30.3 Å². The standard InChI is InChI=1S/C34H47N5O9/c1-34(2,3)48-31(40)13-12-30(32(41)36-14-16-43-18-20-45-22-23-46-21-19-44-17-15-37-39-35)38-33(42)47-24-29-27-10-6-4-8-25(27)26-9-5-7-11-28(26)29/h4-11,29-30H,12-24H2,1-3H3,(H,36,41)(H,38,42)/t30-/m1/s1. The molecule has 0 saturated carbocycles. The SMILES string of the molecule is CC(C)(C)OC(=O)CC[C@@H](NC(=O)OCC1c2ccccc2-c2ccccc21)C(=O)NCCOCCOCCOCCOCCN=[N+]=[N-]. The van der Waals surface area contributed by atoms with Crippen LogP contribution in [0, 0.1) is 0 Å². The maximum atomic E-state index is 13.1. The van der Waals surface area contributed by atoms with Crippen molar-refractivity contribution in [1.82, 2.24) is 10.6 Å². The van der Waals surface area contributed by atoms with Gasteiger partial charge in [0.2, 0.25) is 5.91 Å². The van der Waals surface area contributed by atoms with E-state index < -0.39 is 29.6 Å². The van der Waals surface area contributed by atoms with Gasteiger partial charge in [0.05, 0.1) is 52.9 Å². The lowest BCUT2D eigenvalue weighted by atomic mass is 9.98. The molecule has 14 nitrogen and oxygen atoms in total. The molecule has 0 fully saturated rings. The Morgan fingerprint density at radius 1 is 0.833 bits per heavy atom. The Bertz CT molecular complexity index is 1320. The Kier molecular flexibility index (Phi) is 16.7. The van der Waals surface area contributed by atoms with Crippen molar-refractivity contribution in [2.45, 2.75) is 51.2 Å². The molecule has 0 radical (unpaired) electrons. The molecule has 1 aliphatic rings. The van der Waals surface area contributed by atoms with E-state index in [1.54, 1.807) is 20.8 Å². The van der Waals surface area contributed by atoms with Gasteiger partial charge in [-0.05, 0) is 55.0 Å². The molecule has 48 heavy (non-hydrogen) atoms. The van der Waals surface area contributed by atoms with E-state index in [-0.39, 0.29) is 45.1 Å². The number of fused-ring (bicyclic) bond motifs is 3. The van der Waals surface area contributed by atoms with Crippen LogP contribution in [0.5, 0.6) is 0 Å². The van der Waals surface area contributed by atoms with Crippen molar-refractivity contribution in [3.8, 4) is 11.1 Å². The topological polar surface area (TPSA) is 179 Å². The molecule has 2 N–H and O–H groups in total. The van der Waals surface area contributed by atoms with E-state index in [0.29, 0.717) is 46.2 Å². The first-order valence-corrected chi connectivity index (χ1v) is 16.1. The number of nitrogens with zero attached hydrogens (tertiary/aromatic N) is 3. The molecule has 0 heterocycles. The van der Waals surface area contributed by atoms with E-state index in [0.717, 1.165) is 22.3 Å². The van der Waals surface area contributed by atoms with E-state index in [4.69, 9.17) is 34.0 Å². The minimum Gasteiger partial charge on any atom is -0.460 e. The number of carbonyl (C=O) groups excluding carboxylic acids is 3. The monoisotopic (exact) mass is 669 g/mol. The fourth-order valence-electron chi connectivity index (χ4n) is 4.99. The average molecular weight is 670 g/mol. The van der Waals surface area contributed by atoms with E-state index in [1.807, 2.05) is 36.4 Å². The van der Waals surface area contributed by atoms with Gasteiger partial charge in [0.25, 0.3) is 0 Å². The van der Waals surface area contributed by atoms with Crippen molar-refractivity contribution >= 4 is 18.0 Å². The molecule has 2 amide bonds. The van der Waals surface area contributed by atoms with Crippen LogP contribution in [0.1, 0.15) is 50.7 Å². The lowest BCUT2D eigenvalue weighted by molar-refractivity contribution is -0.155. The van der Waals surface area contributed by atoms with Crippen LogP contribution in [-0.4, -0.2) is 102 Å². The van der Waals surface area contributed by atoms with Gasteiger partial charge in [0.15, 0.2) is 0 Å². The number of carbonyl (C=O) groups is 3. The van der Waals surface area contributed by atoms with Gasteiger partial charge in [0.1, 0.15) is 18.2 Å². The summed E-state index contributed by atoms with van der Waals surface area (Å²) in [5.74, 6) is -1.07. The lowest BCUT2D eigenvalue weighted by Gasteiger charge is -2.22. The number of azide groups is 1. The third-order valence-electron chi connectivity index (χ3n) is 7.07. The molecule has 0 aliphatic heterocycles. The van der Waals surface area contributed by atoms with Crippen molar-refractivity contribution in [2.24, 2.45) is 5.11 Å². The van der Waals surface area contributed by atoms with Gasteiger partial charge in [-0.3, -0.25) is 9.59 Å². The van der Waals surface area contributed by atoms with Gasteiger partial charge in [-0.1, -0.05) is 53.6 Å². The Hall–Kier alpha value is -4.20. The van der Waals surface area contributed by atoms with Crippen LogP contribution in [0.4, 0.5) is 4.79 Å². The van der Waals surface area contributed by atoms with E-state index in [2.05, 4.69) is 32.8 Å². The quantitative estimate of drug-likeness (QED) is 0.0600. The number of amides is 2. The number of nitrogens with one attached hydrogen (secondary N) is 2. The Labute approximate surface area is 281 Å². The average Bonchev–Trinajstić information content (AvgIpc) is 3.38. The summed E-state index contributed by atoms with van der Waals surface area (Å²) >= 11 is 0. The molecule has 262 valence electrons. The van der Waals surface area contributed by atoms with Gasteiger partial charge in [-0.25, -0.2) is 4.79 Å². The third kappa shape index (κ3) is 13.9. The molecule has 0 aromatic heterocycles. The highest BCUT2D eigenvalue weighted by atomic mass is 16.6. The second-order valence-electron chi connectivity index (χ2n) is 11.8. The Morgan fingerprint density at radius 3 is 1.94 bits per heavy atom. The van der Waals surface area contributed by atoms with Crippen molar-refractivity contribution in [1.29, 1.82) is 0 Å². The maximum absolute atomic E-state index is 13.1. The molecule has 0 bridgehead atoms. The first kappa shape index (κ1) is 38.2. The number of ether oxygens (including phenoxy) is 6. The molecule has 1 aliphatic carbocycles. The maximum Gasteiger partial charge on any atom is 0.407 e. The number of esters is 1. The van der Waals surface area contributed by atoms with Crippen LogP contribution in [0.25, 0.3) is 21.6 Å². The normalized spacial score (nSPS) is 12.7. The highest BCUT2D eigenvalue weighted by molar-refractivity contribution is 5.86. The lowest BCUT2D eigenvalue weighted by Crippen LogP contribution is -2.48. The second kappa shape index (κ2) is 20.9. The number of benzene rings is 2. The van der Waals surface area contributed by atoms with Gasteiger partial charge < -0.3 is 39.1 Å². The van der Waals surface area contributed by atoms with Crippen molar-refractivity contribution in [3.63, 3.8) is 0 Å². The summed E-state index contributed by atoms with van der Waals surface area (Å²) in [7, 11) is 0. The first-order valence-electron chi connectivity index (χ1n) is 16.1. The third-order valence-corrected chi connectivity index (χ3v) is 7.07. The van der Waals surface area contributed by atoms with Crippen LogP contribution >= 0.6 is 0 Å². The van der Waals surface area contributed by atoms with Crippen molar-refractivity contribution < 1.29 is 42.8 Å². The highest BCUT2D eigenvalue weighted by Gasteiger charge is 2.30. The fourth-order valence-corrected chi connectivity index (χ4v) is 4.99. The number of rotatable bonds is 22. The van der Waals surface area contributed by atoms with Crippen LogP contribution in [0.15, 0.2) is 53.6 Å². The summed E-state index contributed by atoms with van der Waals surface area (Å²) in [6, 6.07) is 15.0. The Balaban J connectivity index is 1.38.